The third kappa shape index (κ3) is 5.70. The van der Waals surface area contributed by atoms with Gasteiger partial charge in [0, 0.05) is 19.7 Å². The van der Waals surface area contributed by atoms with Crippen molar-refractivity contribution in [1.82, 2.24) is 10.6 Å². The largest absolute Gasteiger partial charge is 0.492 e. The van der Waals surface area contributed by atoms with Gasteiger partial charge in [0.1, 0.15) is 12.4 Å². The first-order valence-corrected chi connectivity index (χ1v) is 7.86. The monoisotopic (exact) mass is 455 g/mol. The van der Waals surface area contributed by atoms with Gasteiger partial charge in [-0.3, -0.25) is 4.99 Å². The molecule has 1 aliphatic rings. The van der Waals surface area contributed by atoms with Gasteiger partial charge in [0.25, 0.3) is 0 Å². The summed E-state index contributed by atoms with van der Waals surface area (Å²) in [5.41, 5.74) is 1.21. The van der Waals surface area contributed by atoms with Crippen molar-refractivity contribution in [3.63, 3.8) is 0 Å². The van der Waals surface area contributed by atoms with E-state index in [0.717, 1.165) is 29.8 Å². The first-order valence-electron chi connectivity index (χ1n) is 7.86. The molecule has 6 nitrogen and oxygen atoms in total. The molecular formula is C18H22IN3O3. The molecule has 1 heterocycles. The summed E-state index contributed by atoms with van der Waals surface area (Å²) in [5, 5.41) is 6.49. The highest BCUT2D eigenvalue weighted by Gasteiger charge is 2.13. The number of guanidine groups is 1. The van der Waals surface area contributed by atoms with Crippen LogP contribution >= 0.6 is 24.0 Å². The zero-order chi connectivity index (χ0) is 16.6. The average molecular weight is 455 g/mol. The molecule has 3 rings (SSSR count). The van der Waals surface area contributed by atoms with Crippen molar-refractivity contribution in [3.05, 3.63) is 54.1 Å². The minimum Gasteiger partial charge on any atom is -0.492 e. The summed E-state index contributed by atoms with van der Waals surface area (Å²) in [5.74, 6) is 2.98. The second kappa shape index (κ2) is 9.97. The molecule has 25 heavy (non-hydrogen) atoms. The molecular weight excluding hydrogens is 433 g/mol. The van der Waals surface area contributed by atoms with E-state index in [9.17, 15) is 0 Å². The van der Waals surface area contributed by atoms with Crippen molar-refractivity contribution in [2.45, 2.75) is 6.54 Å². The van der Waals surface area contributed by atoms with E-state index < -0.39 is 0 Å². The molecule has 0 bridgehead atoms. The Labute approximate surface area is 164 Å². The Balaban J connectivity index is 0.00000225. The van der Waals surface area contributed by atoms with E-state index in [1.165, 1.54) is 5.56 Å². The van der Waals surface area contributed by atoms with Crippen LogP contribution in [0.25, 0.3) is 0 Å². The van der Waals surface area contributed by atoms with Gasteiger partial charge in [0.15, 0.2) is 17.5 Å². The lowest BCUT2D eigenvalue weighted by Gasteiger charge is -2.12. The minimum absolute atomic E-state index is 0. The molecule has 7 heteroatoms. The molecule has 0 atom stereocenters. The molecule has 2 aromatic rings. The fourth-order valence-corrected chi connectivity index (χ4v) is 2.31. The molecule has 0 saturated carbocycles. The van der Waals surface area contributed by atoms with Gasteiger partial charge in [0.05, 0.1) is 6.54 Å². The maximum absolute atomic E-state index is 5.71. The fraction of sp³-hybridized carbons (Fsp3) is 0.278. The highest BCUT2D eigenvalue weighted by molar-refractivity contribution is 14.0. The van der Waals surface area contributed by atoms with Crippen LogP contribution in [0.5, 0.6) is 17.2 Å². The quantitative estimate of drug-likeness (QED) is 0.304. The fourth-order valence-electron chi connectivity index (χ4n) is 2.31. The van der Waals surface area contributed by atoms with Crippen molar-refractivity contribution in [1.29, 1.82) is 0 Å². The van der Waals surface area contributed by atoms with E-state index in [4.69, 9.17) is 14.2 Å². The first kappa shape index (κ1) is 19.2. The molecule has 134 valence electrons. The van der Waals surface area contributed by atoms with Crippen LogP contribution < -0.4 is 24.8 Å². The van der Waals surface area contributed by atoms with Gasteiger partial charge >= 0.3 is 0 Å². The lowest BCUT2D eigenvalue weighted by molar-refractivity contribution is 0.173. The lowest BCUT2D eigenvalue weighted by atomic mass is 10.2. The van der Waals surface area contributed by atoms with Crippen LogP contribution in [0.4, 0.5) is 0 Å². The summed E-state index contributed by atoms with van der Waals surface area (Å²) >= 11 is 0. The van der Waals surface area contributed by atoms with Crippen molar-refractivity contribution in [2.75, 3.05) is 27.0 Å². The summed E-state index contributed by atoms with van der Waals surface area (Å²) in [7, 11) is 1.75. The zero-order valence-electron chi connectivity index (χ0n) is 14.0. The normalized spacial score (nSPS) is 12.3. The topological polar surface area (TPSA) is 64.1 Å². The number of fused-ring (bicyclic) bond motifs is 1. The lowest BCUT2D eigenvalue weighted by Crippen LogP contribution is -2.38. The highest BCUT2D eigenvalue weighted by atomic mass is 127. The van der Waals surface area contributed by atoms with Crippen molar-refractivity contribution in [2.24, 2.45) is 4.99 Å². The Hall–Kier alpha value is -2.16. The van der Waals surface area contributed by atoms with Crippen LogP contribution in [-0.2, 0) is 6.54 Å². The summed E-state index contributed by atoms with van der Waals surface area (Å²) in [6, 6.07) is 15.8. The molecule has 0 saturated heterocycles. The van der Waals surface area contributed by atoms with Gasteiger partial charge in [0.2, 0.25) is 6.79 Å². The molecule has 0 aromatic heterocycles. The SMILES string of the molecule is CN=C(NCCOc1ccc2c(c1)OCO2)NCc1ccccc1.I. The number of halogens is 1. The van der Waals surface area contributed by atoms with Crippen molar-refractivity contribution in [3.8, 4) is 17.2 Å². The summed E-state index contributed by atoms with van der Waals surface area (Å²) < 4.78 is 16.3. The Morgan fingerprint density at radius 3 is 2.68 bits per heavy atom. The molecule has 2 N–H and O–H groups in total. The van der Waals surface area contributed by atoms with Crippen LogP contribution in [-0.4, -0.2) is 33.0 Å². The van der Waals surface area contributed by atoms with Crippen LogP contribution in [0.3, 0.4) is 0 Å². The number of rotatable bonds is 6. The molecule has 1 aliphatic heterocycles. The number of benzene rings is 2. The predicted octanol–water partition coefficient (Wildman–Crippen LogP) is 2.78. The van der Waals surface area contributed by atoms with Crippen LogP contribution in [0.15, 0.2) is 53.5 Å². The smallest absolute Gasteiger partial charge is 0.231 e. The zero-order valence-corrected chi connectivity index (χ0v) is 16.4. The third-order valence-electron chi connectivity index (χ3n) is 3.53. The summed E-state index contributed by atoms with van der Waals surface area (Å²) in [6.07, 6.45) is 0. The molecule has 0 aliphatic carbocycles. The Morgan fingerprint density at radius 2 is 1.88 bits per heavy atom. The van der Waals surface area contributed by atoms with E-state index in [1.807, 2.05) is 36.4 Å². The second-order valence-electron chi connectivity index (χ2n) is 5.20. The number of hydrogen-bond donors (Lipinski definition) is 2. The van der Waals surface area contributed by atoms with Gasteiger partial charge in [-0.1, -0.05) is 30.3 Å². The molecule has 0 spiro atoms. The number of nitrogens with one attached hydrogen (secondary N) is 2. The maximum Gasteiger partial charge on any atom is 0.231 e. The maximum atomic E-state index is 5.71. The predicted molar refractivity (Wildman–Crippen MR) is 108 cm³/mol. The minimum atomic E-state index is 0. The van der Waals surface area contributed by atoms with E-state index >= 15 is 0 Å². The van der Waals surface area contributed by atoms with Crippen molar-refractivity contribution >= 4 is 29.9 Å². The van der Waals surface area contributed by atoms with Crippen LogP contribution in [0, 0.1) is 0 Å². The van der Waals surface area contributed by atoms with Crippen molar-refractivity contribution < 1.29 is 14.2 Å². The molecule has 2 aromatic carbocycles. The Bertz CT molecular complexity index is 695. The van der Waals surface area contributed by atoms with Crippen LogP contribution in [0.1, 0.15) is 5.56 Å². The number of aliphatic imine (C=N–C) groups is 1. The Kier molecular flexibility index (Phi) is 7.65. The molecule has 0 fully saturated rings. The third-order valence-corrected chi connectivity index (χ3v) is 3.53. The van der Waals surface area contributed by atoms with E-state index in [-0.39, 0.29) is 30.8 Å². The molecule has 0 amide bonds. The number of hydrogen-bond acceptors (Lipinski definition) is 4. The highest BCUT2D eigenvalue weighted by Crippen LogP contribution is 2.34. The second-order valence-corrected chi connectivity index (χ2v) is 5.20. The van der Waals surface area contributed by atoms with E-state index in [0.29, 0.717) is 13.2 Å². The van der Waals surface area contributed by atoms with Crippen LogP contribution in [0.2, 0.25) is 0 Å². The van der Waals surface area contributed by atoms with E-state index in [1.54, 1.807) is 7.05 Å². The van der Waals surface area contributed by atoms with Gasteiger partial charge < -0.3 is 24.8 Å². The number of ether oxygens (including phenoxy) is 3. The molecule has 0 radical (unpaired) electrons. The van der Waals surface area contributed by atoms with Gasteiger partial charge in [-0.15, -0.1) is 24.0 Å². The standard InChI is InChI=1S/C18H21N3O3.HI/c1-19-18(21-12-14-5-3-2-4-6-14)20-9-10-22-15-7-8-16-17(11-15)24-13-23-16;/h2-8,11H,9-10,12-13H2,1H3,(H2,19,20,21);1H. The first-order chi connectivity index (χ1) is 11.8. The van der Waals surface area contributed by atoms with Gasteiger partial charge in [-0.05, 0) is 17.7 Å². The van der Waals surface area contributed by atoms with Gasteiger partial charge in [-0.2, -0.15) is 0 Å². The average Bonchev–Trinajstić information content (AvgIpc) is 3.10. The number of nitrogens with zero attached hydrogens (tertiary/aromatic N) is 1. The van der Waals surface area contributed by atoms with Gasteiger partial charge in [-0.25, -0.2) is 0 Å². The summed E-state index contributed by atoms with van der Waals surface area (Å²) in [4.78, 5) is 4.20. The Morgan fingerprint density at radius 1 is 1.08 bits per heavy atom. The van der Waals surface area contributed by atoms with E-state index in [2.05, 4.69) is 27.8 Å². The summed E-state index contributed by atoms with van der Waals surface area (Å²) in [6.45, 7) is 2.15. The molecule has 0 unspecified atom stereocenters.